The van der Waals surface area contributed by atoms with Crippen LogP contribution in [0, 0.1) is 27.7 Å². The first-order chi connectivity index (χ1) is 10.3. The van der Waals surface area contributed by atoms with Gasteiger partial charge in [-0.1, -0.05) is 11.2 Å². The van der Waals surface area contributed by atoms with Crippen LogP contribution in [-0.2, 0) is 16.6 Å². The molecule has 0 saturated heterocycles. The van der Waals surface area contributed by atoms with Gasteiger partial charge in [-0.05, 0) is 44.9 Å². The van der Waals surface area contributed by atoms with Gasteiger partial charge in [-0.3, -0.25) is 0 Å². The molecule has 0 atom stereocenters. The van der Waals surface area contributed by atoms with E-state index in [1.165, 1.54) is 0 Å². The molecule has 1 aromatic carbocycles. The van der Waals surface area contributed by atoms with Gasteiger partial charge in [0, 0.05) is 12.1 Å². The first-order valence-electron chi connectivity index (χ1n) is 6.83. The Morgan fingerprint density at radius 1 is 1.18 bits per heavy atom. The lowest BCUT2D eigenvalue weighted by molar-refractivity contribution is 0.390. The second-order valence-electron chi connectivity index (χ2n) is 5.23. The zero-order chi connectivity index (χ0) is 16.5. The van der Waals surface area contributed by atoms with E-state index in [0.29, 0.717) is 11.4 Å². The first kappa shape index (κ1) is 16.5. The maximum absolute atomic E-state index is 12.4. The van der Waals surface area contributed by atoms with Gasteiger partial charge in [-0.15, -0.1) is 0 Å². The van der Waals surface area contributed by atoms with E-state index < -0.39 is 10.0 Å². The highest BCUT2D eigenvalue weighted by Crippen LogP contribution is 2.24. The van der Waals surface area contributed by atoms with Crippen molar-refractivity contribution in [2.45, 2.75) is 39.1 Å². The highest BCUT2D eigenvalue weighted by molar-refractivity contribution is 7.89. The molecule has 2 aromatic rings. The lowest BCUT2D eigenvalue weighted by Gasteiger charge is -2.13. The summed E-state index contributed by atoms with van der Waals surface area (Å²) < 4.78 is 37.6. The Hall–Kier alpha value is -1.86. The quantitative estimate of drug-likeness (QED) is 0.913. The van der Waals surface area contributed by atoms with Crippen LogP contribution in [0.5, 0.6) is 5.75 Å². The highest BCUT2D eigenvalue weighted by Gasteiger charge is 2.24. The number of nitrogens with one attached hydrogen (secondary N) is 1. The van der Waals surface area contributed by atoms with Gasteiger partial charge in [0.25, 0.3) is 0 Å². The Balaban J connectivity index is 2.28. The van der Waals surface area contributed by atoms with Crippen molar-refractivity contribution in [3.8, 4) is 5.75 Å². The van der Waals surface area contributed by atoms with Crippen LogP contribution in [0.4, 0.5) is 0 Å². The molecule has 0 bridgehead atoms. The molecule has 0 unspecified atom stereocenters. The lowest BCUT2D eigenvalue weighted by atomic mass is 10.1. The van der Waals surface area contributed by atoms with E-state index >= 15 is 0 Å². The minimum atomic E-state index is -3.69. The molecule has 2 rings (SSSR count). The van der Waals surface area contributed by atoms with Crippen LogP contribution in [0.15, 0.2) is 21.6 Å². The first-order valence-corrected chi connectivity index (χ1v) is 8.31. The Bertz CT molecular complexity index is 775. The van der Waals surface area contributed by atoms with Crippen LogP contribution in [0.25, 0.3) is 0 Å². The third kappa shape index (κ3) is 3.15. The van der Waals surface area contributed by atoms with Gasteiger partial charge in [0.2, 0.25) is 10.0 Å². The number of nitrogens with zero attached hydrogens (tertiary/aromatic N) is 1. The van der Waals surface area contributed by atoms with E-state index in [-0.39, 0.29) is 17.2 Å². The number of sulfonamides is 1. The molecule has 7 heteroatoms. The molecule has 0 spiro atoms. The van der Waals surface area contributed by atoms with Crippen molar-refractivity contribution >= 4 is 10.0 Å². The third-order valence-corrected chi connectivity index (χ3v) is 5.23. The zero-order valence-corrected chi connectivity index (χ0v) is 14.2. The largest absolute Gasteiger partial charge is 0.496 e. The summed E-state index contributed by atoms with van der Waals surface area (Å²) in [5, 5.41) is 3.68. The minimum Gasteiger partial charge on any atom is -0.496 e. The van der Waals surface area contributed by atoms with Crippen molar-refractivity contribution in [2.24, 2.45) is 0 Å². The molecule has 0 fully saturated rings. The average Bonchev–Trinajstić information content (AvgIpc) is 2.79. The van der Waals surface area contributed by atoms with E-state index in [2.05, 4.69) is 9.88 Å². The van der Waals surface area contributed by atoms with Crippen molar-refractivity contribution in [3.63, 3.8) is 0 Å². The number of aromatic nitrogens is 1. The smallest absolute Gasteiger partial charge is 0.246 e. The molecule has 1 aromatic heterocycles. The topological polar surface area (TPSA) is 81.4 Å². The predicted octanol–water partition coefficient (Wildman–Crippen LogP) is 2.40. The summed E-state index contributed by atoms with van der Waals surface area (Å²) in [5.41, 5.74) is 3.29. The van der Waals surface area contributed by atoms with Crippen LogP contribution in [0.2, 0.25) is 0 Å². The predicted molar refractivity (Wildman–Crippen MR) is 82.5 cm³/mol. The van der Waals surface area contributed by atoms with Gasteiger partial charge in [0.15, 0.2) is 5.76 Å². The van der Waals surface area contributed by atoms with Gasteiger partial charge < -0.3 is 9.26 Å². The Morgan fingerprint density at radius 3 is 2.36 bits per heavy atom. The summed E-state index contributed by atoms with van der Waals surface area (Å²) in [6, 6.07) is 3.82. The Labute approximate surface area is 130 Å². The molecule has 120 valence electrons. The molecule has 0 radical (unpaired) electrons. The number of hydrogen-bond acceptors (Lipinski definition) is 5. The molecule has 0 amide bonds. The molecule has 1 heterocycles. The molecular formula is C15H20N2O4S. The number of hydrogen-bond donors (Lipinski definition) is 1. The van der Waals surface area contributed by atoms with Crippen molar-refractivity contribution < 1.29 is 17.7 Å². The Morgan fingerprint density at radius 2 is 1.82 bits per heavy atom. The number of benzene rings is 1. The number of methoxy groups -OCH3 is 1. The van der Waals surface area contributed by atoms with E-state index in [1.807, 2.05) is 26.0 Å². The standard InChI is InChI=1S/C15H20N2O4S/c1-9-6-13(14(20-5)7-10(9)2)8-16-22(18,19)15-11(3)17-21-12(15)4/h6-7,16H,8H2,1-5H3. The summed E-state index contributed by atoms with van der Waals surface area (Å²) in [7, 11) is -2.12. The van der Waals surface area contributed by atoms with Gasteiger partial charge in [-0.2, -0.15) is 0 Å². The minimum absolute atomic E-state index is 0.0929. The SMILES string of the molecule is COc1cc(C)c(C)cc1CNS(=O)(=O)c1c(C)noc1C. The molecule has 1 N–H and O–H groups in total. The van der Waals surface area contributed by atoms with E-state index in [0.717, 1.165) is 16.7 Å². The second-order valence-corrected chi connectivity index (χ2v) is 6.93. The molecule has 0 aliphatic rings. The molecule has 22 heavy (non-hydrogen) atoms. The molecule has 6 nitrogen and oxygen atoms in total. The molecule has 0 aliphatic heterocycles. The normalized spacial score (nSPS) is 11.7. The zero-order valence-electron chi connectivity index (χ0n) is 13.4. The van der Waals surface area contributed by atoms with Crippen molar-refractivity contribution in [1.82, 2.24) is 9.88 Å². The van der Waals surface area contributed by atoms with Gasteiger partial charge in [-0.25, -0.2) is 13.1 Å². The Kier molecular flexibility index (Phi) is 4.58. The van der Waals surface area contributed by atoms with Crippen LogP contribution >= 0.6 is 0 Å². The van der Waals surface area contributed by atoms with Gasteiger partial charge >= 0.3 is 0 Å². The summed E-state index contributed by atoms with van der Waals surface area (Å²) in [6.07, 6.45) is 0. The van der Waals surface area contributed by atoms with Crippen LogP contribution in [0.1, 0.15) is 28.1 Å². The van der Waals surface area contributed by atoms with Gasteiger partial charge in [0.1, 0.15) is 16.3 Å². The average molecular weight is 324 g/mol. The van der Waals surface area contributed by atoms with Crippen LogP contribution in [-0.4, -0.2) is 20.7 Å². The molecule has 0 saturated carbocycles. The number of aryl methyl sites for hydroxylation is 4. The van der Waals surface area contributed by atoms with E-state index in [1.54, 1.807) is 21.0 Å². The van der Waals surface area contributed by atoms with E-state index in [4.69, 9.17) is 9.26 Å². The van der Waals surface area contributed by atoms with E-state index in [9.17, 15) is 8.42 Å². The van der Waals surface area contributed by atoms with Crippen molar-refractivity contribution in [2.75, 3.05) is 7.11 Å². The fourth-order valence-electron chi connectivity index (χ4n) is 2.28. The maximum atomic E-state index is 12.4. The summed E-state index contributed by atoms with van der Waals surface area (Å²) >= 11 is 0. The van der Waals surface area contributed by atoms with Crippen LogP contribution < -0.4 is 9.46 Å². The summed E-state index contributed by atoms with van der Waals surface area (Å²) in [4.78, 5) is 0.0929. The number of rotatable bonds is 5. The summed E-state index contributed by atoms with van der Waals surface area (Å²) in [6.45, 7) is 7.26. The second kappa shape index (κ2) is 6.10. The fraction of sp³-hybridized carbons (Fsp3) is 0.400. The highest BCUT2D eigenvalue weighted by atomic mass is 32.2. The lowest BCUT2D eigenvalue weighted by Crippen LogP contribution is -2.24. The molecule has 0 aliphatic carbocycles. The summed E-state index contributed by atoms with van der Waals surface area (Å²) in [5.74, 6) is 0.932. The third-order valence-electron chi connectivity index (χ3n) is 3.59. The monoisotopic (exact) mass is 324 g/mol. The maximum Gasteiger partial charge on any atom is 0.246 e. The fourth-order valence-corrected chi connectivity index (χ4v) is 3.61. The van der Waals surface area contributed by atoms with Crippen LogP contribution in [0.3, 0.4) is 0 Å². The van der Waals surface area contributed by atoms with Crippen molar-refractivity contribution in [3.05, 3.63) is 40.3 Å². The number of ether oxygens (including phenoxy) is 1. The van der Waals surface area contributed by atoms with Crippen molar-refractivity contribution in [1.29, 1.82) is 0 Å². The van der Waals surface area contributed by atoms with Gasteiger partial charge in [0.05, 0.1) is 7.11 Å². The molecular weight excluding hydrogens is 304 g/mol.